The largest absolute Gasteiger partial charge is 0.494 e. The maximum atomic E-state index is 13.3. The molecule has 4 heteroatoms. The number of benzene rings is 1. The van der Waals surface area contributed by atoms with E-state index in [-0.39, 0.29) is 17.6 Å². The minimum atomic E-state index is -0.382. The second-order valence-electron chi connectivity index (χ2n) is 4.47. The first-order valence-corrected chi connectivity index (χ1v) is 6.11. The van der Waals surface area contributed by atoms with Gasteiger partial charge in [-0.3, -0.25) is 4.98 Å². The minimum Gasteiger partial charge on any atom is -0.494 e. The Bertz CT molecular complexity index is 572. The van der Waals surface area contributed by atoms with Crippen molar-refractivity contribution in [1.29, 1.82) is 0 Å². The van der Waals surface area contributed by atoms with Crippen LogP contribution in [0.1, 0.15) is 22.9 Å². The molecule has 1 unspecified atom stereocenters. The third kappa shape index (κ3) is 3.09. The van der Waals surface area contributed by atoms with Crippen molar-refractivity contribution < 1.29 is 9.13 Å². The second-order valence-corrected chi connectivity index (χ2v) is 4.47. The molecular weight excluding hydrogens is 243 g/mol. The average molecular weight is 260 g/mol. The highest BCUT2D eigenvalue weighted by Gasteiger charge is 2.12. The van der Waals surface area contributed by atoms with Gasteiger partial charge in [-0.1, -0.05) is 12.1 Å². The van der Waals surface area contributed by atoms with Crippen LogP contribution >= 0.6 is 0 Å². The van der Waals surface area contributed by atoms with Gasteiger partial charge in [0.15, 0.2) is 11.6 Å². The van der Waals surface area contributed by atoms with Gasteiger partial charge in [-0.05, 0) is 36.2 Å². The molecule has 0 saturated heterocycles. The van der Waals surface area contributed by atoms with Crippen molar-refractivity contribution in [3.8, 4) is 5.75 Å². The summed E-state index contributed by atoms with van der Waals surface area (Å²) in [5, 5.41) is 0. The fourth-order valence-corrected chi connectivity index (χ4v) is 1.97. The molecule has 2 rings (SSSR count). The predicted octanol–water partition coefficient (Wildman–Crippen LogP) is 2.78. The summed E-state index contributed by atoms with van der Waals surface area (Å²) in [7, 11) is 1.44. The molecular formula is C15H17FN2O. The van der Waals surface area contributed by atoms with Crippen LogP contribution < -0.4 is 10.5 Å². The fourth-order valence-electron chi connectivity index (χ4n) is 1.97. The van der Waals surface area contributed by atoms with Gasteiger partial charge in [-0.25, -0.2) is 4.39 Å². The van der Waals surface area contributed by atoms with Crippen LogP contribution in [0.2, 0.25) is 0 Å². The lowest BCUT2D eigenvalue weighted by molar-refractivity contribution is 0.385. The highest BCUT2D eigenvalue weighted by atomic mass is 19.1. The first-order chi connectivity index (χ1) is 9.11. The lowest BCUT2D eigenvalue weighted by atomic mass is 10.0. The van der Waals surface area contributed by atoms with E-state index in [1.165, 1.54) is 13.2 Å². The van der Waals surface area contributed by atoms with Crippen molar-refractivity contribution in [3.63, 3.8) is 0 Å². The quantitative estimate of drug-likeness (QED) is 0.919. The van der Waals surface area contributed by atoms with E-state index in [1.54, 1.807) is 18.3 Å². The molecule has 1 aromatic heterocycles. The van der Waals surface area contributed by atoms with Gasteiger partial charge in [0.1, 0.15) is 0 Å². The van der Waals surface area contributed by atoms with Gasteiger partial charge in [0.25, 0.3) is 0 Å². The van der Waals surface area contributed by atoms with Gasteiger partial charge in [-0.15, -0.1) is 0 Å². The Kier molecular flexibility index (Phi) is 4.12. The molecule has 0 aliphatic rings. The molecule has 19 heavy (non-hydrogen) atoms. The summed E-state index contributed by atoms with van der Waals surface area (Å²) in [6, 6.07) is 8.35. The number of ether oxygens (including phenoxy) is 1. The van der Waals surface area contributed by atoms with E-state index in [4.69, 9.17) is 10.5 Å². The molecule has 2 N–H and O–H groups in total. The molecule has 100 valence electrons. The van der Waals surface area contributed by atoms with Crippen LogP contribution in [0.15, 0.2) is 36.5 Å². The van der Waals surface area contributed by atoms with Crippen molar-refractivity contribution in [3.05, 3.63) is 59.2 Å². The number of nitrogens with two attached hydrogens (primary N) is 1. The molecule has 0 radical (unpaired) electrons. The third-order valence-electron chi connectivity index (χ3n) is 3.13. The molecule has 0 aliphatic heterocycles. The average Bonchev–Trinajstić information content (AvgIpc) is 2.42. The van der Waals surface area contributed by atoms with Crippen molar-refractivity contribution in [1.82, 2.24) is 4.98 Å². The van der Waals surface area contributed by atoms with E-state index in [1.807, 2.05) is 19.1 Å². The highest BCUT2D eigenvalue weighted by Crippen LogP contribution is 2.23. The topological polar surface area (TPSA) is 48.1 Å². The first kappa shape index (κ1) is 13.5. The number of aryl methyl sites for hydroxylation is 1. The Hall–Kier alpha value is -1.94. The lowest BCUT2D eigenvalue weighted by Crippen LogP contribution is -2.15. The van der Waals surface area contributed by atoms with Crippen molar-refractivity contribution in [2.24, 2.45) is 5.73 Å². The Morgan fingerprint density at radius 3 is 2.84 bits per heavy atom. The van der Waals surface area contributed by atoms with E-state index < -0.39 is 0 Å². The van der Waals surface area contributed by atoms with E-state index in [2.05, 4.69) is 4.98 Å². The zero-order valence-corrected chi connectivity index (χ0v) is 11.1. The van der Waals surface area contributed by atoms with E-state index >= 15 is 0 Å². The SMILES string of the molecule is COc1cc(C(N)Cc2ncccc2C)ccc1F. The Balaban J connectivity index is 2.20. The number of hydrogen-bond donors (Lipinski definition) is 1. The summed E-state index contributed by atoms with van der Waals surface area (Å²) >= 11 is 0. The summed E-state index contributed by atoms with van der Waals surface area (Å²) in [6.45, 7) is 2.00. The number of aromatic nitrogens is 1. The van der Waals surface area contributed by atoms with E-state index in [0.717, 1.165) is 16.8 Å². The maximum Gasteiger partial charge on any atom is 0.165 e. The molecule has 0 bridgehead atoms. The summed E-state index contributed by atoms with van der Waals surface area (Å²) in [4.78, 5) is 4.32. The normalized spacial score (nSPS) is 12.2. The summed E-state index contributed by atoms with van der Waals surface area (Å²) in [5.74, 6) is -0.168. The van der Waals surface area contributed by atoms with Gasteiger partial charge >= 0.3 is 0 Å². The second kappa shape index (κ2) is 5.80. The van der Waals surface area contributed by atoms with Crippen LogP contribution in [-0.4, -0.2) is 12.1 Å². The number of pyridine rings is 1. The summed E-state index contributed by atoms with van der Waals surface area (Å²) in [5.41, 5.74) is 9.05. The van der Waals surface area contributed by atoms with E-state index in [0.29, 0.717) is 6.42 Å². The van der Waals surface area contributed by atoms with Crippen molar-refractivity contribution in [2.45, 2.75) is 19.4 Å². The third-order valence-corrected chi connectivity index (χ3v) is 3.13. The Morgan fingerprint density at radius 1 is 1.37 bits per heavy atom. The Labute approximate surface area is 112 Å². The zero-order valence-electron chi connectivity index (χ0n) is 11.1. The monoisotopic (exact) mass is 260 g/mol. The van der Waals surface area contributed by atoms with E-state index in [9.17, 15) is 4.39 Å². The van der Waals surface area contributed by atoms with Gasteiger partial charge in [0.2, 0.25) is 0 Å². The van der Waals surface area contributed by atoms with Crippen LogP contribution in [0.4, 0.5) is 4.39 Å². The minimum absolute atomic E-state index is 0.214. The number of hydrogen-bond acceptors (Lipinski definition) is 3. The van der Waals surface area contributed by atoms with Crippen LogP contribution in [0.5, 0.6) is 5.75 Å². The fraction of sp³-hybridized carbons (Fsp3) is 0.267. The molecule has 0 aliphatic carbocycles. The maximum absolute atomic E-state index is 13.3. The first-order valence-electron chi connectivity index (χ1n) is 6.11. The molecule has 1 heterocycles. The molecule has 1 aromatic carbocycles. The molecule has 0 fully saturated rings. The molecule has 2 aromatic rings. The van der Waals surface area contributed by atoms with Crippen molar-refractivity contribution in [2.75, 3.05) is 7.11 Å². The molecule has 1 atom stereocenters. The molecule has 0 amide bonds. The van der Waals surface area contributed by atoms with Crippen LogP contribution in [0.25, 0.3) is 0 Å². The predicted molar refractivity (Wildman–Crippen MR) is 72.6 cm³/mol. The number of rotatable bonds is 4. The number of methoxy groups -OCH3 is 1. The Morgan fingerprint density at radius 2 is 2.16 bits per heavy atom. The van der Waals surface area contributed by atoms with Crippen LogP contribution in [-0.2, 0) is 6.42 Å². The van der Waals surface area contributed by atoms with Gasteiger partial charge < -0.3 is 10.5 Å². The van der Waals surface area contributed by atoms with Gasteiger partial charge in [0.05, 0.1) is 7.11 Å². The van der Waals surface area contributed by atoms with Gasteiger partial charge in [0, 0.05) is 24.4 Å². The molecule has 0 spiro atoms. The smallest absolute Gasteiger partial charge is 0.165 e. The van der Waals surface area contributed by atoms with Crippen LogP contribution in [0, 0.1) is 12.7 Å². The molecule has 0 saturated carbocycles. The standard InChI is InChI=1S/C15H17FN2O/c1-10-4-3-7-18-14(10)9-13(17)11-5-6-12(16)15(8-11)19-2/h3-8,13H,9,17H2,1-2H3. The number of halogens is 1. The summed E-state index contributed by atoms with van der Waals surface area (Å²) < 4.78 is 18.3. The summed E-state index contributed by atoms with van der Waals surface area (Å²) in [6.07, 6.45) is 2.36. The van der Waals surface area contributed by atoms with Crippen LogP contribution in [0.3, 0.4) is 0 Å². The number of nitrogens with zero attached hydrogens (tertiary/aromatic N) is 1. The zero-order chi connectivity index (χ0) is 13.8. The highest BCUT2D eigenvalue weighted by molar-refractivity contribution is 5.33. The molecule has 3 nitrogen and oxygen atoms in total. The van der Waals surface area contributed by atoms with Gasteiger partial charge in [-0.2, -0.15) is 0 Å². The van der Waals surface area contributed by atoms with Crippen molar-refractivity contribution >= 4 is 0 Å². The lowest BCUT2D eigenvalue weighted by Gasteiger charge is -2.14.